The van der Waals surface area contributed by atoms with Crippen LogP contribution in [0, 0.1) is 5.92 Å². The normalized spacial score (nSPS) is 15.9. The van der Waals surface area contributed by atoms with E-state index in [4.69, 9.17) is 4.74 Å². The standard InChI is InChI=1S/C14H22N2O/c1-16(11-13-9-15-10-13)7-6-12-4-3-5-14(8-12)17-2/h3-5,8,13,15H,6-7,9-11H2,1-2H3. The van der Waals surface area contributed by atoms with E-state index < -0.39 is 0 Å². The van der Waals surface area contributed by atoms with Gasteiger partial charge in [-0.05, 0) is 37.1 Å². The molecule has 1 aliphatic rings. The van der Waals surface area contributed by atoms with Crippen molar-refractivity contribution in [2.45, 2.75) is 6.42 Å². The molecule has 1 aliphatic heterocycles. The minimum Gasteiger partial charge on any atom is -0.497 e. The third-order valence-corrected chi connectivity index (χ3v) is 3.35. The largest absolute Gasteiger partial charge is 0.497 e. The summed E-state index contributed by atoms with van der Waals surface area (Å²) >= 11 is 0. The lowest BCUT2D eigenvalue weighted by atomic mass is 10.0. The van der Waals surface area contributed by atoms with Gasteiger partial charge in [-0.2, -0.15) is 0 Å². The first-order valence-corrected chi connectivity index (χ1v) is 6.30. The van der Waals surface area contributed by atoms with Crippen molar-refractivity contribution in [2.75, 3.05) is 40.3 Å². The molecule has 3 nitrogen and oxygen atoms in total. The van der Waals surface area contributed by atoms with E-state index in [2.05, 4.69) is 35.5 Å². The zero-order valence-corrected chi connectivity index (χ0v) is 10.8. The summed E-state index contributed by atoms with van der Waals surface area (Å²) in [5, 5.41) is 3.31. The van der Waals surface area contributed by atoms with Gasteiger partial charge in [0.05, 0.1) is 7.11 Å². The highest BCUT2D eigenvalue weighted by Gasteiger charge is 2.17. The molecule has 1 fully saturated rings. The van der Waals surface area contributed by atoms with E-state index in [1.165, 1.54) is 25.2 Å². The second-order valence-corrected chi connectivity index (χ2v) is 4.89. The number of benzene rings is 1. The molecule has 3 heteroatoms. The Kier molecular flexibility index (Phi) is 4.40. The lowest BCUT2D eigenvalue weighted by molar-refractivity contribution is 0.226. The van der Waals surface area contributed by atoms with Gasteiger partial charge in [-0.15, -0.1) is 0 Å². The SMILES string of the molecule is COc1cccc(CCN(C)CC2CNC2)c1. The number of likely N-dealkylation sites (N-methyl/N-ethyl adjacent to an activating group) is 1. The molecule has 1 heterocycles. The number of methoxy groups -OCH3 is 1. The van der Waals surface area contributed by atoms with E-state index in [1.807, 2.05) is 6.07 Å². The Labute approximate surface area is 104 Å². The van der Waals surface area contributed by atoms with Crippen molar-refractivity contribution in [1.82, 2.24) is 10.2 Å². The predicted octanol–water partition coefficient (Wildman–Crippen LogP) is 1.39. The van der Waals surface area contributed by atoms with Gasteiger partial charge in [0.2, 0.25) is 0 Å². The minimum atomic E-state index is 0.852. The molecule has 2 rings (SSSR count). The van der Waals surface area contributed by atoms with E-state index in [9.17, 15) is 0 Å². The van der Waals surface area contributed by atoms with Crippen LogP contribution >= 0.6 is 0 Å². The van der Waals surface area contributed by atoms with Crippen LogP contribution in [-0.4, -0.2) is 45.2 Å². The third kappa shape index (κ3) is 3.72. The summed E-state index contributed by atoms with van der Waals surface area (Å²) in [7, 11) is 3.92. The number of hydrogen-bond acceptors (Lipinski definition) is 3. The van der Waals surface area contributed by atoms with Crippen LogP contribution in [0.3, 0.4) is 0 Å². The van der Waals surface area contributed by atoms with Crippen molar-refractivity contribution in [1.29, 1.82) is 0 Å². The van der Waals surface area contributed by atoms with Crippen LogP contribution in [0.4, 0.5) is 0 Å². The molecule has 0 saturated carbocycles. The molecule has 1 aromatic carbocycles. The molecule has 0 unspecified atom stereocenters. The first-order chi connectivity index (χ1) is 8.28. The monoisotopic (exact) mass is 234 g/mol. The fraction of sp³-hybridized carbons (Fsp3) is 0.571. The summed E-state index contributed by atoms with van der Waals surface area (Å²) in [6.07, 6.45) is 1.09. The van der Waals surface area contributed by atoms with Gasteiger partial charge in [0.25, 0.3) is 0 Å². The quantitative estimate of drug-likeness (QED) is 0.805. The molecule has 0 aliphatic carbocycles. The average Bonchev–Trinajstić information content (AvgIpc) is 2.31. The topological polar surface area (TPSA) is 24.5 Å². The Morgan fingerprint density at radius 1 is 1.41 bits per heavy atom. The maximum Gasteiger partial charge on any atom is 0.119 e. The number of ether oxygens (including phenoxy) is 1. The Morgan fingerprint density at radius 3 is 2.88 bits per heavy atom. The number of nitrogens with one attached hydrogen (secondary N) is 1. The molecule has 0 atom stereocenters. The predicted molar refractivity (Wildman–Crippen MR) is 70.6 cm³/mol. The summed E-state index contributed by atoms with van der Waals surface area (Å²) in [6, 6.07) is 8.34. The molecule has 1 aromatic rings. The van der Waals surface area contributed by atoms with E-state index >= 15 is 0 Å². The van der Waals surface area contributed by atoms with Crippen LogP contribution < -0.4 is 10.1 Å². The summed E-state index contributed by atoms with van der Waals surface area (Å²) in [5.74, 6) is 1.80. The highest BCUT2D eigenvalue weighted by atomic mass is 16.5. The van der Waals surface area contributed by atoms with Gasteiger partial charge >= 0.3 is 0 Å². The molecule has 0 radical (unpaired) electrons. The maximum atomic E-state index is 5.23. The fourth-order valence-corrected chi connectivity index (χ4v) is 2.16. The van der Waals surface area contributed by atoms with Crippen molar-refractivity contribution < 1.29 is 4.74 Å². The Balaban J connectivity index is 1.75. The Hall–Kier alpha value is -1.06. The smallest absolute Gasteiger partial charge is 0.119 e. The van der Waals surface area contributed by atoms with Crippen LogP contribution in [0.1, 0.15) is 5.56 Å². The van der Waals surface area contributed by atoms with Crippen LogP contribution in [0.15, 0.2) is 24.3 Å². The first kappa shape index (κ1) is 12.4. The van der Waals surface area contributed by atoms with E-state index in [1.54, 1.807) is 7.11 Å². The fourth-order valence-electron chi connectivity index (χ4n) is 2.16. The third-order valence-electron chi connectivity index (χ3n) is 3.35. The maximum absolute atomic E-state index is 5.23. The molecule has 1 saturated heterocycles. The van der Waals surface area contributed by atoms with E-state index in [0.29, 0.717) is 0 Å². The van der Waals surface area contributed by atoms with E-state index in [0.717, 1.165) is 24.6 Å². The van der Waals surface area contributed by atoms with Gasteiger partial charge in [0, 0.05) is 26.2 Å². The lowest BCUT2D eigenvalue weighted by Gasteiger charge is -2.31. The first-order valence-electron chi connectivity index (χ1n) is 6.30. The van der Waals surface area contributed by atoms with Crippen molar-refractivity contribution in [3.63, 3.8) is 0 Å². The van der Waals surface area contributed by atoms with Crippen LogP contribution in [0.5, 0.6) is 5.75 Å². The average molecular weight is 234 g/mol. The Bertz CT molecular complexity index is 350. The van der Waals surface area contributed by atoms with Crippen LogP contribution in [0.2, 0.25) is 0 Å². The molecule has 0 amide bonds. The number of rotatable bonds is 6. The van der Waals surface area contributed by atoms with Crippen molar-refractivity contribution in [3.8, 4) is 5.75 Å². The molecule has 94 valence electrons. The zero-order chi connectivity index (χ0) is 12.1. The van der Waals surface area contributed by atoms with Gasteiger partial charge < -0.3 is 15.0 Å². The zero-order valence-electron chi connectivity index (χ0n) is 10.8. The Morgan fingerprint density at radius 2 is 2.24 bits per heavy atom. The van der Waals surface area contributed by atoms with Gasteiger partial charge in [-0.3, -0.25) is 0 Å². The van der Waals surface area contributed by atoms with Gasteiger partial charge in [0.1, 0.15) is 5.75 Å². The molecule has 0 spiro atoms. The van der Waals surface area contributed by atoms with Crippen molar-refractivity contribution >= 4 is 0 Å². The highest BCUT2D eigenvalue weighted by Crippen LogP contribution is 2.13. The summed E-state index contributed by atoms with van der Waals surface area (Å²) in [6.45, 7) is 4.69. The summed E-state index contributed by atoms with van der Waals surface area (Å²) in [5.41, 5.74) is 1.35. The van der Waals surface area contributed by atoms with Crippen LogP contribution in [-0.2, 0) is 6.42 Å². The molecular formula is C14H22N2O. The number of nitrogens with zero attached hydrogens (tertiary/aromatic N) is 1. The van der Waals surface area contributed by atoms with Crippen molar-refractivity contribution in [2.24, 2.45) is 5.92 Å². The van der Waals surface area contributed by atoms with Gasteiger partial charge in [-0.1, -0.05) is 12.1 Å². The van der Waals surface area contributed by atoms with Gasteiger partial charge in [0.15, 0.2) is 0 Å². The molecule has 1 N–H and O–H groups in total. The van der Waals surface area contributed by atoms with E-state index in [-0.39, 0.29) is 0 Å². The van der Waals surface area contributed by atoms with Gasteiger partial charge in [-0.25, -0.2) is 0 Å². The molecular weight excluding hydrogens is 212 g/mol. The molecule has 0 bridgehead atoms. The second kappa shape index (κ2) is 6.03. The molecule has 17 heavy (non-hydrogen) atoms. The summed E-state index contributed by atoms with van der Waals surface area (Å²) < 4.78 is 5.23. The minimum absolute atomic E-state index is 0.852. The lowest BCUT2D eigenvalue weighted by Crippen LogP contribution is -2.47. The highest BCUT2D eigenvalue weighted by molar-refractivity contribution is 5.28. The molecule has 0 aromatic heterocycles. The van der Waals surface area contributed by atoms with Crippen molar-refractivity contribution in [3.05, 3.63) is 29.8 Å². The van der Waals surface area contributed by atoms with Crippen LogP contribution in [0.25, 0.3) is 0 Å². The number of hydrogen-bond donors (Lipinski definition) is 1. The second-order valence-electron chi connectivity index (χ2n) is 4.89. The summed E-state index contributed by atoms with van der Waals surface area (Å²) in [4.78, 5) is 2.42.